The van der Waals surface area contributed by atoms with Gasteiger partial charge in [0.15, 0.2) is 0 Å². The summed E-state index contributed by atoms with van der Waals surface area (Å²) in [5, 5.41) is 0. The van der Waals surface area contributed by atoms with Crippen molar-refractivity contribution in [2.24, 2.45) is 0 Å². The van der Waals surface area contributed by atoms with Gasteiger partial charge in [0.05, 0.1) is 12.1 Å². The molecular weight excluding hydrogens is 290 g/mol. The lowest BCUT2D eigenvalue weighted by Crippen LogP contribution is -2.49. The molecule has 1 heterocycles. The number of carbonyl (C=O) groups excluding carboxylic acids is 1. The lowest BCUT2D eigenvalue weighted by Gasteiger charge is -2.39. The summed E-state index contributed by atoms with van der Waals surface area (Å²) >= 11 is 0. The lowest BCUT2D eigenvalue weighted by atomic mass is 9.92. The first kappa shape index (κ1) is 17.7. The van der Waals surface area contributed by atoms with E-state index in [0.29, 0.717) is 26.3 Å². The summed E-state index contributed by atoms with van der Waals surface area (Å²) in [6.45, 7) is 8.28. The minimum absolute atomic E-state index is 0.0566. The van der Waals surface area contributed by atoms with Crippen molar-refractivity contribution in [1.29, 1.82) is 0 Å². The number of carbonyl (C=O) groups is 1. The standard InChI is InChI=1S/C19H27NO3/c1-4-16-8-6-7-9-17(16)14-20(18(21)5-2)15-19(22-3)10-12-23-13-11-19/h5-9H,2,4,10-15H2,1,3H3. The third-order valence-electron chi connectivity index (χ3n) is 4.66. The number of nitrogens with zero attached hydrogens (tertiary/aromatic N) is 1. The van der Waals surface area contributed by atoms with E-state index < -0.39 is 0 Å². The summed E-state index contributed by atoms with van der Waals surface area (Å²) in [6, 6.07) is 8.26. The number of ether oxygens (including phenoxy) is 2. The minimum Gasteiger partial charge on any atom is -0.381 e. The molecule has 1 aromatic rings. The Kier molecular flexibility index (Phi) is 6.37. The molecule has 1 aliphatic rings. The zero-order valence-electron chi connectivity index (χ0n) is 14.2. The fourth-order valence-corrected chi connectivity index (χ4v) is 3.12. The van der Waals surface area contributed by atoms with Crippen LogP contribution in [0.4, 0.5) is 0 Å². The Morgan fingerprint density at radius 3 is 2.57 bits per heavy atom. The van der Waals surface area contributed by atoms with Crippen LogP contribution in [0.1, 0.15) is 30.9 Å². The van der Waals surface area contributed by atoms with Crippen molar-refractivity contribution in [2.45, 2.75) is 38.3 Å². The van der Waals surface area contributed by atoms with Crippen LogP contribution in [0.3, 0.4) is 0 Å². The maximum Gasteiger partial charge on any atom is 0.246 e. The molecule has 0 unspecified atom stereocenters. The van der Waals surface area contributed by atoms with Crippen LogP contribution in [0, 0.1) is 0 Å². The van der Waals surface area contributed by atoms with Crippen molar-refractivity contribution < 1.29 is 14.3 Å². The molecule has 0 spiro atoms. The van der Waals surface area contributed by atoms with Crippen LogP contribution < -0.4 is 0 Å². The van der Waals surface area contributed by atoms with Crippen molar-refractivity contribution in [2.75, 3.05) is 26.9 Å². The molecule has 4 heteroatoms. The summed E-state index contributed by atoms with van der Waals surface area (Å²) in [5.41, 5.74) is 2.13. The number of aryl methyl sites for hydroxylation is 1. The fourth-order valence-electron chi connectivity index (χ4n) is 3.12. The van der Waals surface area contributed by atoms with Crippen LogP contribution in [-0.2, 0) is 27.2 Å². The van der Waals surface area contributed by atoms with E-state index >= 15 is 0 Å². The molecule has 0 saturated carbocycles. The first-order chi connectivity index (χ1) is 11.1. The summed E-state index contributed by atoms with van der Waals surface area (Å²) < 4.78 is 11.2. The molecule has 0 bridgehead atoms. The highest BCUT2D eigenvalue weighted by molar-refractivity contribution is 5.87. The van der Waals surface area contributed by atoms with Gasteiger partial charge in [0.1, 0.15) is 0 Å². The summed E-state index contributed by atoms with van der Waals surface area (Å²) in [5.74, 6) is -0.0566. The van der Waals surface area contributed by atoms with E-state index in [1.54, 1.807) is 7.11 Å². The van der Waals surface area contributed by atoms with Gasteiger partial charge in [-0.15, -0.1) is 0 Å². The van der Waals surface area contributed by atoms with Crippen molar-refractivity contribution >= 4 is 5.91 Å². The SMILES string of the molecule is C=CC(=O)N(Cc1ccccc1CC)CC1(OC)CCOCC1. The third-order valence-corrected chi connectivity index (χ3v) is 4.66. The topological polar surface area (TPSA) is 38.8 Å². The largest absolute Gasteiger partial charge is 0.381 e. The van der Waals surface area contributed by atoms with Crippen LogP contribution in [0.2, 0.25) is 0 Å². The van der Waals surface area contributed by atoms with Gasteiger partial charge in [-0.05, 0) is 23.6 Å². The molecule has 1 aromatic carbocycles. The summed E-state index contributed by atoms with van der Waals surface area (Å²) in [6.07, 6.45) is 3.95. The van der Waals surface area contributed by atoms with E-state index in [0.717, 1.165) is 19.3 Å². The monoisotopic (exact) mass is 317 g/mol. The first-order valence-electron chi connectivity index (χ1n) is 8.25. The van der Waals surface area contributed by atoms with E-state index in [9.17, 15) is 4.79 Å². The van der Waals surface area contributed by atoms with Gasteiger partial charge >= 0.3 is 0 Å². The number of benzene rings is 1. The second-order valence-electron chi connectivity index (χ2n) is 6.02. The Labute approximate surface area is 139 Å². The number of hydrogen-bond acceptors (Lipinski definition) is 3. The Morgan fingerprint density at radius 1 is 1.35 bits per heavy atom. The molecule has 0 aliphatic carbocycles. The second-order valence-corrected chi connectivity index (χ2v) is 6.02. The van der Waals surface area contributed by atoms with E-state index in [2.05, 4.69) is 25.6 Å². The molecular formula is C19H27NO3. The number of rotatable bonds is 7. The van der Waals surface area contributed by atoms with Crippen molar-refractivity contribution in [1.82, 2.24) is 4.90 Å². The summed E-state index contributed by atoms with van der Waals surface area (Å²) in [4.78, 5) is 14.2. The molecule has 0 radical (unpaired) electrons. The second kappa shape index (κ2) is 8.27. The molecule has 126 valence electrons. The van der Waals surface area contributed by atoms with Crippen LogP contribution in [0.15, 0.2) is 36.9 Å². The van der Waals surface area contributed by atoms with Crippen LogP contribution in [0.25, 0.3) is 0 Å². The van der Waals surface area contributed by atoms with Crippen molar-refractivity contribution in [3.8, 4) is 0 Å². The lowest BCUT2D eigenvalue weighted by molar-refractivity contribution is -0.138. The third kappa shape index (κ3) is 4.43. The van der Waals surface area contributed by atoms with E-state index in [4.69, 9.17) is 9.47 Å². The van der Waals surface area contributed by atoms with E-state index in [-0.39, 0.29) is 11.5 Å². The highest BCUT2D eigenvalue weighted by Gasteiger charge is 2.35. The van der Waals surface area contributed by atoms with E-state index in [1.807, 2.05) is 17.0 Å². The highest BCUT2D eigenvalue weighted by Crippen LogP contribution is 2.27. The van der Waals surface area contributed by atoms with Crippen molar-refractivity contribution in [3.05, 3.63) is 48.0 Å². The smallest absolute Gasteiger partial charge is 0.246 e. The molecule has 0 N–H and O–H groups in total. The molecule has 1 amide bonds. The number of amides is 1. The van der Waals surface area contributed by atoms with Gasteiger partial charge in [-0.2, -0.15) is 0 Å². The van der Waals surface area contributed by atoms with Gasteiger partial charge < -0.3 is 14.4 Å². The molecule has 23 heavy (non-hydrogen) atoms. The predicted molar refractivity (Wildman–Crippen MR) is 91.2 cm³/mol. The Morgan fingerprint density at radius 2 is 2.00 bits per heavy atom. The minimum atomic E-state index is -0.321. The molecule has 2 rings (SSSR count). The molecule has 0 aromatic heterocycles. The Hall–Kier alpha value is -1.65. The molecule has 4 nitrogen and oxygen atoms in total. The Balaban J connectivity index is 2.19. The van der Waals surface area contributed by atoms with Crippen LogP contribution >= 0.6 is 0 Å². The van der Waals surface area contributed by atoms with Gasteiger partial charge in [0.2, 0.25) is 5.91 Å². The van der Waals surface area contributed by atoms with Crippen LogP contribution in [-0.4, -0.2) is 43.3 Å². The van der Waals surface area contributed by atoms with Crippen molar-refractivity contribution in [3.63, 3.8) is 0 Å². The fraction of sp³-hybridized carbons (Fsp3) is 0.526. The first-order valence-corrected chi connectivity index (χ1v) is 8.25. The highest BCUT2D eigenvalue weighted by atomic mass is 16.5. The quantitative estimate of drug-likeness (QED) is 0.726. The maximum absolute atomic E-state index is 12.4. The van der Waals surface area contributed by atoms with Gasteiger partial charge in [0.25, 0.3) is 0 Å². The number of methoxy groups -OCH3 is 1. The zero-order chi connectivity index (χ0) is 16.7. The average Bonchev–Trinajstić information content (AvgIpc) is 2.61. The van der Waals surface area contributed by atoms with E-state index in [1.165, 1.54) is 17.2 Å². The maximum atomic E-state index is 12.4. The average molecular weight is 317 g/mol. The number of hydrogen-bond donors (Lipinski definition) is 0. The predicted octanol–water partition coefficient (Wildman–Crippen LogP) is 2.96. The van der Waals surface area contributed by atoms with Crippen LogP contribution in [0.5, 0.6) is 0 Å². The summed E-state index contributed by atoms with van der Waals surface area (Å²) in [7, 11) is 1.72. The normalized spacial score (nSPS) is 16.8. The van der Waals surface area contributed by atoms with Gasteiger partial charge in [-0.1, -0.05) is 37.8 Å². The zero-order valence-corrected chi connectivity index (χ0v) is 14.2. The Bertz CT molecular complexity index is 535. The molecule has 1 saturated heterocycles. The van der Waals surface area contributed by atoms with Gasteiger partial charge in [0, 0.05) is 39.7 Å². The molecule has 1 aliphatic heterocycles. The molecule has 0 atom stereocenters. The van der Waals surface area contributed by atoms with Gasteiger partial charge in [-0.3, -0.25) is 4.79 Å². The molecule has 1 fully saturated rings. The van der Waals surface area contributed by atoms with Gasteiger partial charge in [-0.25, -0.2) is 0 Å².